The van der Waals surface area contributed by atoms with Crippen LogP contribution in [0.3, 0.4) is 0 Å². The van der Waals surface area contributed by atoms with E-state index < -0.39 is 0 Å². The number of benzene rings is 2. The van der Waals surface area contributed by atoms with Crippen LogP contribution in [0, 0.1) is 0 Å². The number of hydrogen-bond acceptors (Lipinski definition) is 2. The van der Waals surface area contributed by atoms with Crippen molar-refractivity contribution in [2.45, 2.75) is 33.1 Å². The van der Waals surface area contributed by atoms with Gasteiger partial charge in [0.25, 0.3) is 5.91 Å². The maximum Gasteiger partial charge on any atom is 0.258 e. The van der Waals surface area contributed by atoms with Gasteiger partial charge in [-0.2, -0.15) is 0 Å². The van der Waals surface area contributed by atoms with E-state index >= 15 is 0 Å². The lowest BCUT2D eigenvalue weighted by molar-refractivity contribution is -0.114. The molecule has 0 unspecified atom stereocenters. The van der Waals surface area contributed by atoms with Gasteiger partial charge in [0.2, 0.25) is 5.91 Å². The summed E-state index contributed by atoms with van der Waals surface area (Å²) >= 11 is 0. The monoisotopic (exact) mass is 324 g/mol. The summed E-state index contributed by atoms with van der Waals surface area (Å²) in [6.45, 7) is 7.93. The Morgan fingerprint density at radius 2 is 1.46 bits per heavy atom. The van der Waals surface area contributed by atoms with E-state index in [1.54, 1.807) is 36.2 Å². The molecule has 0 spiro atoms. The van der Waals surface area contributed by atoms with Crippen molar-refractivity contribution in [3.8, 4) is 0 Å². The quantitative estimate of drug-likeness (QED) is 0.919. The number of carbonyl (C=O) groups is 2. The molecule has 0 fully saturated rings. The summed E-state index contributed by atoms with van der Waals surface area (Å²) in [5, 5.41) is 2.69. The smallest absolute Gasteiger partial charge is 0.258 e. The van der Waals surface area contributed by atoms with Crippen molar-refractivity contribution in [1.82, 2.24) is 0 Å². The number of nitrogens with one attached hydrogen (secondary N) is 1. The van der Waals surface area contributed by atoms with Crippen LogP contribution in [0.5, 0.6) is 0 Å². The Morgan fingerprint density at radius 3 is 1.92 bits per heavy atom. The standard InChI is InChI=1S/C20H24N2O2/c1-14(23)21-17-10-6-15(7-11-17)19(24)22(5)18-12-8-16(9-13-18)20(2,3)4/h6-13H,1-5H3,(H,21,23). The highest BCUT2D eigenvalue weighted by Crippen LogP contribution is 2.25. The molecule has 2 aromatic rings. The summed E-state index contributed by atoms with van der Waals surface area (Å²) in [4.78, 5) is 25.3. The first-order valence-corrected chi connectivity index (χ1v) is 7.95. The predicted molar refractivity (Wildman–Crippen MR) is 98.6 cm³/mol. The Hall–Kier alpha value is -2.62. The second-order valence-electron chi connectivity index (χ2n) is 6.92. The summed E-state index contributed by atoms with van der Waals surface area (Å²) in [5.74, 6) is -0.224. The summed E-state index contributed by atoms with van der Waals surface area (Å²) < 4.78 is 0. The molecule has 0 aliphatic rings. The van der Waals surface area contributed by atoms with E-state index in [-0.39, 0.29) is 17.2 Å². The van der Waals surface area contributed by atoms with Crippen LogP contribution in [0.4, 0.5) is 11.4 Å². The normalized spacial score (nSPS) is 11.0. The number of amides is 2. The van der Waals surface area contributed by atoms with Gasteiger partial charge in [-0.3, -0.25) is 9.59 Å². The molecular formula is C20H24N2O2. The molecule has 4 heteroatoms. The average molecular weight is 324 g/mol. The molecule has 0 aliphatic heterocycles. The number of rotatable bonds is 3. The molecule has 0 aliphatic carbocycles. The first kappa shape index (κ1) is 17.7. The molecule has 0 bridgehead atoms. The van der Waals surface area contributed by atoms with Crippen LogP contribution >= 0.6 is 0 Å². The Kier molecular flexibility index (Phi) is 5.07. The highest BCUT2D eigenvalue weighted by molar-refractivity contribution is 6.06. The molecule has 0 heterocycles. The maximum absolute atomic E-state index is 12.6. The molecule has 0 saturated carbocycles. The van der Waals surface area contributed by atoms with Crippen molar-refractivity contribution >= 4 is 23.2 Å². The lowest BCUT2D eigenvalue weighted by atomic mass is 9.87. The van der Waals surface area contributed by atoms with E-state index in [9.17, 15) is 9.59 Å². The van der Waals surface area contributed by atoms with Crippen LogP contribution in [-0.2, 0) is 10.2 Å². The van der Waals surface area contributed by atoms with Gasteiger partial charge in [0, 0.05) is 30.9 Å². The van der Waals surface area contributed by atoms with Gasteiger partial charge < -0.3 is 10.2 Å². The zero-order valence-electron chi connectivity index (χ0n) is 14.9. The fourth-order valence-corrected chi connectivity index (χ4v) is 2.40. The summed E-state index contributed by atoms with van der Waals surface area (Å²) in [6, 6.07) is 14.9. The van der Waals surface area contributed by atoms with Crippen molar-refractivity contribution < 1.29 is 9.59 Å². The van der Waals surface area contributed by atoms with Crippen molar-refractivity contribution in [3.63, 3.8) is 0 Å². The second kappa shape index (κ2) is 6.87. The van der Waals surface area contributed by atoms with Gasteiger partial charge in [0.1, 0.15) is 0 Å². The molecule has 0 atom stereocenters. The molecule has 4 nitrogen and oxygen atoms in total. The number of nitrogens with zero attached hydrogens (tertiary/aromatic N) is 1. The SMILES string of the molecule is CC(=O)Nc1ccc(C(=O)N(C)c2ccc(C(C)(C)C)cc2)cc1. The third-order valence-corrected chi connectivity index (χ3v) is 3.88. The largest absolute Gasteiger partial charge is 0.326 e. The van der Waals surface area contributed by atoms with E-state index in [1.807, 2.05) is 12.1 Å². The van der Waals surface area contributed by atoms with Crippen LogP contribution in [-0.4, -0.2) is 18.9 Å². The van der Waals surface area contributed by atoms with Gasteiger partial charge in [-0.15, -0.1) is 0 Å². The van der Waals surface area contributed by atoms with Crippen molar-refractivity contribution in [2.75, 3.05) is 17.3 Å². The minimum Gasteiger partial charge on any atom is -0.326 e. The Labute approximate surface area is 143 Å². The van der Waals surface area contributed by atoms with E-state index in [0.29, 0.717) is 11.3 Å². The van der Waals surface area contributed by atoms with E-state index in [4.69, 9.17) is 0 Å². The summed E-state index contributed by atoms with van der Waals surface area (Å²) in [5.41, 5.74) is 3.41. The van der Waals surface area contributed by atoms with Crippen molar-refractivity contribution in [3.05, 3.63) is 59.7 Å². The zero-order chi connectivity index (χ0) is 17.9. The fourth-order valence-electron chi connectivity index (χ4n) is 2.40. The van der Waals surface area contributed by atoms with Gasteiger partial charge in [0.15, 0.2) is 0 Å². The summed E-state index contributed by atoms with van der Waals surface area (Å²) in [7, 11) is 1.76. The van der Waals surface area contributed by atoms with Crippen molar-refractivity contribution in [1.29, 1.82) is 0 Å². The van der Waals surface area contributed by atoms with Crippen LogP contribution in [0.1, 0.15) is 43.6 Å². The number of hydrogen-bond donors (Lipinski definition) is 1. The number of carbonyl (C=O) groups excluding carboxylic acids is 2. The molecule has 126 valence electrons. The van der Waals surface area contributed by atoms with Crippen LogP contribution in [0.2, 0.25) is 0 Å². The van der Waals surface area contributed by atoms with E-state index in [0.717, 1.165) is 5.69 Å². The zero-order valence-corrected chi connectivity index (χ0v) is 14.9. The Balaban J connectivity index is 2.15. The average Bonchev–Trinajstić information content (AvgIpc) is 2.53. The third-order valence-electron chi connectivity index (χ3n) is 3.88. The Bertz CT molecular complexity index is 726. The Morgan fingerprint density at radius 1 is 0.917 bits per heavy atom. The van der Waals surface area contributed by atoms with Gasteiger partial charge in [-0.25, -0.2) is 0 Å². The van der Waals surface area contributed by atoms with E-state index in [1.165, 1.54) is 12.5 Å². The highest BCUT2D eigenvalue weighted by Gasteiger charge is 2.16. The van der Waals surface area contributed by atoms with Crippen molar-refractivity contribution in [2.24, 2.45) is 0 Å². The maximum atomic E-state index is 12.6. The van der Waals surface area contributed by atoms with Crippen LogP contribution in [0.15, 0.2) is 48.5 Å². The third kappa shape index (κ3) is 4.22. The lowest BCUT2D eigenvalue weighted by Gasteiger charge is -2.22. The molecule has 2 aromatic carbocycles. The molecule has 0 radical (unpaired) electrons. The minimum atomic E-state index is -0.134. The van der Waals surface area contributed by atoms with E-state index in [2.05, 4.69) is 38.2 Å². The molecule has 0 saturated heterocycles. The first-order valence-electron chi connectivity index (χ1n) is 7.95. The molecular weight excluding hydrogens is 300 g/mol. The van der Waals surface area contributed by atoms with Crippen LogP contribution in [0.25, 0.3) is 0 Å². The molecule has 0 aromatic heterocycles. The van der Waals surface area contributed by atoms with Gasteiger partial charge in [0.05, 0.1) is 0 Å². The predicted octanol–water partition coefficient (Wildman–Crippen LogP) is 4.22. The molecule has 2 amide bonds. The molecule has 24 heavy (non-hydrogen) atoms. The molecule has 1 N–H and O–H groups in total. The molecule has 2 rings (SSSR count). The number of anilines is 2. The first-order chi connectivity index (χ1) is 11.2. The summed E-state index contributed by atoms with van der Waals surface area (Å²) in [6.07, 6.45) is 0. The van der Waals surface area contributed by atoms with Crippen LogP contribution < -0.4 is 10.2 Å². The second-order valence-corrected chi connectivity index (χ2v) is 6.92. The van der Waals surface area contributed by atoms with Gasteiger partial charge >= 0.3 is 0 Å². The van der Waals surface area contributed by atoms with Gasteiger partial charge in [-0.1, -0.05) is 32.9 Å². The topological polar surface area (TPSA) is 49.4 Å². The minimum absolute atomic E-state index is 0.0840. The fraction of sp³-hybridized carbons (Fsp3) is 0.300. The van der Waals surface area contributed by atoms with Gasteiger partial charge in [-0.05, 0) is 47.4 Å². The highest BCUT2D eigenvalue weighted by atomic mass is 16.2. The lowest BCUT2D eigenvalue weighted by Crippen LogP contribution is -2.26.